The van der Waals surface area contributed by atoms with Gasteiger partial charge in [0.2, 0.25) is 5.91 Å². The fourth-order valence-electron chi connectivity index (χ4n) is 2.57. The zero-order valence-electron chi connectivity index (χ0n) is 17.7. The highest BCUT2D eigenvalue weighted by molar-refractivity contribution is 6.30. The first-order valence-corrected chi connectivity index (χ1v) is 10.3. The topological polar surface area (TPSA) is 118 Å². The van der Waals surface area contributed by atoms with Crippen molar-refractivity contribution in [3.8, 4) is 5.75 Å². The second-order valence-electron chi connectivity index (χ2n) is 6.80. The maximum Gasteiger partial charge on any atom is 0.251 e. The summed E-state index contributed by atoms with van der Waals surface area (Å²) >= 11 is 5.89. The predicted octanol–water partition coefficient (Wildman–Crippen LogP) is 2.08. The summed E-state index contributed by atoms with van der Waals surface area (Å²) < 4.78 is 5.86. The molecule has 2 rings (SSSR count). The van der Waals surface area contributed by atoms with Gasteiger partial charge in [0.25, 0.3) is 5.91 Å². The molecule has 166 valence electrons. The zero-order valence-corrected chi connectivity index (χ0v) is 18.4. The largest absolute Gasteiger partial charge is 0.489 e. The van der Waals surface area contributed by atoms with Crippen molar-refractivity contribution in [3.63, 3.8) is 0 Å². The number of nitrogens with zero attached hydrogens (tertiary/aromatic N) is 1. The number of hydrogen-bond acceptors (Lipinski definition) is 4. The minimum Gasteiger partial charge on any atom is -0.489 e. The van der Waals surface area contributed by atoms with Crippen molar-refractivity contribution in [2.45, 2.75) is 26.5 Å². The van der Waals surface area contributed by atoms with E-state index in [1.807, 2.05) is 38.1 Å². The summed E-state index contributed by atoms with van der Waals surface area (Å²) in [7, 11) is 0. The minimum absolute atomic E-state index is 0.0803. The van der Waals surface area contributed by atoms with E-state index in [0.29, 0.717) is 29.6 Å². The number of aliphatic imine (C=N–C) groups is 1. The minimum atomic E-state index is -0.587. The number of benzene rings is 2. The van der Waals surface area contributed by atoms with E-state index in [4.69, 9.17) is 22.1 Å². The van der Waals surface area contributed by atoms with E-state index in [2.05, 4.69) is 20.9 Å². The van der Waals surface area contributed by atoms with Gasteiger partial charge in [-0.05, 0) is 55.8 Å². The molecule has 1 atom stereocenters. The third kappa shape index (κ3) is 8.96. The Morgan fingerprint density at radius 1 is 1.06 bits per heavy atom. The van der Waals surface area contributed by atoms with Crippen LogP contribution in [-0.4, -0.2) is 43.5 Å². The van der Waals surface area contributed by atoms with E-state index >= 15 is 0 Å². The molecule has 2 aromatic carbocycles. The summed E-state index contributed by atoms with van der Waals surface area (Å²) in [6.07, 6.45) is -0.0803. The molecule has 9 heteroatoms. The van der Waals surface area contributed by atoms with Crippen LogP contribution in [0.4, 0.5) is 0 Å². The Labute approximate surface area is 187 Å². The van der Waals surface area contributed by atoms with Crippen LogP contribution in [-0.2, 0) is 11.3 Å². The van der Waals surface area contributed by atoms with Gasteiger partial charge in [-0.3, -0.25) is 9.59 Å². The average Bonchev–Trinajstić information content (AvgIpc) is 2.76. The standard InChI is InChI=1S/C22H28ClN5O3/c1-3-25-22(27-12-15(2)31-19-10-8-18(23)9-11-19)28-13-16-4-6-17(7-5-16)21(30)26-14-20(24)29/h4-11,15H,3,12-14H2,1-2H3,(H2,24,29)(H,26,30)(H2,25,27,28). The summed E-state index contributed by atoms with van der Waals surface area (Å²) in [5.74, 6) is 0.479. The van der Waals surface area contributed by atoms with Crippen LogP contribution in [0.3, 0.4) is 0 Å². The molecule has 0 aliphatic rings. The number of nitrogens with one attached hydrogen (secondary N) is 3. The van der Waals surface area contributed by atoms with Crippen LogP contribution in [0.1, 0.15) is 29.8 Å². The number of amides is 2. The molecule has 0 bridgehead atoms. The lowest BCUT2D eigenvalue weighted by atomic mass is 10.1. The highest BCUT2D eigenvalue weighted by Crippen LogP contribution is 2.16. The smallest absolute Gasteiger partial charge is 0.251 e. The number of carbonyl (C=O) groups excluding carboxylic acids is 2. The third-order valence-electron chi connectivity index (χ3n) is 4.11. The quantitative estimate of drug-likeness (QED) is 0.330. The normalized spacial score (nSPS) is 12.0. The number of ether oxygens (including phenoxy) is 1. The van der Waals surface area contributed by atoms with Crippen LogP contribution in [0.5, 0.6) is 5.75 Å². The van der Waals surface area contributed by atoms with Crippen molar-refractivity contribution in [2.24, 2.45) is 10.7 Å². The first kappa shape index (κ1) is 24.0. The number of nitrogens with two attached hydrogens (primary N) is 1. The fraction of sp³-hybridized carbons (Fsp3) is 0.318. The van der Waals surface area contributed by atoms with Gasteiger partial charge in [0.05, 0.1) is 19.6 Å². The first-order chi connectivity index (χ1) is 14.9. The van der Waals surface area contributed by atoms with Crippen LogP contribution in [0.15, 0.2) is 53.5 Å². The van der Waals surface area contributed by atoms with Crippen molar-refractivity contribution < 1.29 is 14.3 Å². The van der Waals surface area contributed by atoms with Gasteiger partial charge in [0, 0.05) is 17.1 Å². The van der Waals surface area contributed by atoms with Crippen LogP contribution in [0, 0.1) is 0 Å². The fourth-order valence-corrected chi connectivity index (χ4v) is 2.70. The SMILES string of the molecule is CCNC(=NCc1ccc(C(=O)NCC(N)=O)cc1)NCC(C)Oc1ccc(Cl)cc1. The Kier molecular flexibility index (Phi) is 9.64. The molecule has 0 aromatic heterocycles. The van der Waals surface area contributed by atoms with E-state index in [1.54, 1.807) is 24.3 Å². The molecule has 2 aromatic rings. The Morgan fingerprint density at radius 2 is 1.74 bits per heavy atom. The van der Waals surface area contributed by atoms with E-state index in [9.17, 15) is 9.59 Å². The monoisotopic (exact) mass is 445 g/mol. The Bertz CT molecular complexity index is 885. The predicted molar refractivity (Wildman–Crippen MR) is 122 cm³/mol. The lowest BCUT2D eigenvalue weighted by molar-refractivity contribution is -0.117. The van der Waals surface area contributed by atoms with E-state index < -0.39 is 5.91 Å². The number of hydrogen-bond donors (Lipinski definition) is 4. The Morgan fingerprint density at radius 3 is 2.35 bits per heavy atom. The molecular weight excluding hydrogens is 418 g/mol. The van der Waals surface area contributed by atoms with Gasteiger partial charge in [-0.15, -0.1) is 0 Å². The van der Waals surface area contributed by atoms with Gasteiger partial charge < -0.3 is 26.4 Å². The van der Waals surface area contributed by atoms with Gasteiger partial charge in [0.1, 0.15) is 11.9 Å². The summed E-state index contributed by atoms with van der Waals surface area (Å²) in [6, 6.07) is 14.2. The molecule has 1 unspecified atom stereocenters. The molecule has 0 aliphatic carbocycles. The van der Waals surface area contributed by atoms with E-state index in [-0.39, 0.29) is 18.6 Å². The van der Waals surface area contributed by atoms with Gasteiger partial charge in [-0.25, -0.2) is 4.99 Å². The molecule has 0 radical (unpaired) electrons. The van der Waals surface area contributed by atoms with Crippen molar-refractivity contribution in [1.29, 1.82) is 0 Å². The Hall–Kier alpha value is -3.26. The number of guanidine groups is 1. The van der Waals surface area contributed by atoms with E-state index in [0.717, 1.165) is 17.9 Å². The molecule has 0 aliphatic heterocycles. The second kappa shape index (κ2) is 12.4. The van der Waals surface area contributed by atoms with Crippen molar-refractivity contribution in [2.75, 3.05) is 19.6 Å². The average molecular weight is 446 g/mol. The number of primary amides is 1. The molecule has 31 heavy (non-hydrogen) atoms. The second-order valence-corrected chi connectivity index (χ2v) is 7.24. The Balaban J connectivity index is 1.87. The van der Waals surface area contributed by atoms with Crippen molar-refractivity contribution in [1.82, 2.24) is 16.0 Å². The molecule has 5 N–H and O–H groups in total. The summed E-state index contributed by atoms with van der Waals surface area (Å²) in [6.45, 7) is 5.48. The molecule has 0 saturated heterocycles. The molecule has 0 spiro atoms. The maximum absolute atomic E-state index is 11.9. The van der Waals surface area contributed by atoms with Gasteiger partial charge in [0.15, 0.2) is 5.96 Å². The molecular formula is C22H28ClN5O3. The van der Waals surface area contributed by atoms with Crippen molar-refractivity contribution >= 4 is 29.4 Å². The molecule has 0 fully saturated rings. The third-order valence-corrected chi connectivity index (χ3v) is 4.36. The molecule has 0 saturated carbocycles. The number of carbonyl (C=O) groups is 2. The number of rotatable bonds is 10. The summed E-state index contributed by atoms with van der Waals surface area (Å²) in [4.78, 5) is 27.3. The van der Waals surface area contributed by atoms with Crippen molar-refractivity contribution in [3.05, 3.63) is 64.7 Å². The lowest BCUT2D eigenvalue weighted by Crippen LogP contribution is -2.41. The van der Waals surface area contributed by atoms with E-state index in [1.165, 1.54) is 0 Å². The molecule has 8 nitrogen and oxygen atoms in total. The molecule has 0 heterocycles. The van der Waals surface area contributed by atoms with Crippen LogP contribution in [0.2, 0.25) is 5.02 Å². The maximum atomic E-state index is 11.9. The summed E-state index contributed by atoms with van der Waals surface area (Å²) in [5.41, 5.74) is 6.42. The van der Waals surface area contributed by atoms with Gasteiger partial charge in [-0.1, -0.05) is 23.7 Å². The number of halogens is 1. The lowest BCUT2D eigenvalue weighted by Gasteiger charge is -2.17. The van der Waals surface area contributed by atoms with Crippen LogP contribution in [0.25, 0.3) is 0 Å². The molecule has 2 amide bonds. The first-order valence-electron chi connectivity index (χ1n) is 9.97. The van der Waals surface area contributed by atoms with Crippen LogP contribution < -0.4 is 26.4 Å². The van der Waals surface area contributed by atoms with Crippen LogP contribution >= 0.6 is 11.6 Å². The van der Waals surface area contributed by atoms with Gasteiger partial charge in [-0.2, -0.15) is 0 Å². The zero-order chi connectivity index (χ0) is 22.6. The highest BCUT2D eigenvalue weighted by atomic mass is 35.5. The van der Waals surface area contributed by atoms with Gasteiger partial charge >= 0.3 is 0 Å². The summed E-state index contributed by atoms with van der Waals surface area (Å²) in [5, 5.41) is 9.57. The highest BCUT2D eigenvalue weighted by Gasteiger charge is 2.08.